The molecule has 0 unspecified atom stereocenters. The van der Waals surface area contributed by atoms with Gasteiger partial charge in [0, 0.05) is 30.9 Å². The SMILES string of the molecule is O=C(CC[C@H]1NC(=O)NC1=O)Nc1ccc(N2CCCCC2)cc1. The first-order valence-corrected chi connectivity index (χ1v) is 8.38. The van der Waals surface area contributed by atoms with Crippen molar-refractivity contribution < 1.29 is 14.4 Å². The summed E-state index contributed by atoms with van der Waals surface area (Å²) < 4.78 is 0. The molecule has 1 atom stereocenters. The minimum atomic E-state index is -0.621. The largest absolute Gasteiger partial charge is 0.372 e. The normalized spacial score (nSPS) is 20.5. The molecule has 128 valence electrons. The summed E-state index contributed by atoms with van der Waals surface area (Å²) in [6, 6.07) is 6.71. The summed E-state index contributed by atoms with van der Waals surface area (Å²) in [5, 5.41) is 7.45. The highest BCUT2D eigenvalue weighted by molar-refractivity contribution is 6.04. The van der Waals surface area contributed by atoms with Gasteiger partial charge in [0.15, 0.2) is 0 Å². The number of rotatable bonds is 5. The first kappa shape index (κ1) is 16.3. The average Bonchev–Trinajstić information content (AvgIpc) is 2.92. The Labute approximate surface area is 140 Å². The van der Waals surface area contributed by atoms with Crippen LogP contribution in [0.25, 0.3) is 0 Å². The van der Waals surface area contributed by atoms with Gasteiger partial charge in [-0.2, -0.15) is 0 Å². The lowest BCUT2D eigenvalue weighted by atomic mass is 10.1. The van der Waals surface area contributed by atoms with Gasteiger partial charge in [-0.3, -0.25) is 14.9 Å². The summed E-state index contributed by atoms with van der Waals surface area (Å²) in [6.07, 6.45) is 4.21. The zero-order valence-electron chi connectivity index (χ0n) is 13.5. The van der Waals surface area contributed by atoms with Gasteiger partial charge >= 0.3 is 6.03 Å². The molecule has 1 aromatic rings. The topological polar surface area (TPSA) is 90.5 Å². The van der Waals surface area contributed by atoms with Gasteiger partial charge in [0.25, 0.3) is 5.91 Å². The minimum absolute atomic E-state index is 0.172. The van der Waals surface area contributed by atoms with Gasteiger partial charge in [-0.05, 0) is 49.9 Å². The number of carbonyl (C=O) groups excluding carboxylic acids is 3. The fourth-order valence-corrected chi connectivity index (χ4v) is 3.07. The Hall–Kier alpha value is -2.57. The highest BCUT2D eigenvalue weighted by Crippen LogP contribution is 2.22. The second kappa shape index (κ2) is 7.33. The van der Waals surface area contributed by atoms with E-state index in [2.05, 4.69) is 20.9 Å². The molecule has 0 saturated carbocycles. The monoisotopic (exact) mass is 330 g/mol. The van der Waals surface area contributed by atoms with Crippen molar-refractivity contribution in [1.82, 2.24) is 10.6 Å². The molecule has 0 aromatic heterocycles. The van der Waals surface area contributed by atoms with Crippen molar-refractivity contribution in [1.29, 1.82) is 0 Å². The Morgan fingerprint density at radius 2 is 1.83 bits per heavy atom. The fourth-order valence-electron chi connectivity index (χ4n) is 3.07. The second-order valence-electron chi connectivity index (χ2n) is 6.20. The van der Waals surface area contributed by atoms with Crippen LogP contribution in [-0.4, -0.2) is 37.0 Å². The number of nitrogens with one attached hydrogen (secondary N) is 3. The summed E-state index contributed by atoms with van der Waals surface area (Å²) in [4.78, 5) is 36.8. The molecule has 2 aliphatic rings. The maximum absolute atomic E-state index is 12.0. The number of imide groups is 1. The molecule has 3 N–H and O–H groups in total. The molecule has 7 nitrogen and oxygen atoms in total. The molecule has 2 heterocycles. The van der Waals surface area contributed by atoms with Crippen molar-refractivity contribution in [2.75, 3.05) is 23.3 Å². The Kier molecular flexibility index (Phi) is 4.98. The Morgan fingerprint density at radius 3 is 2.46 bits per heavy atom. The minimum Gasteiger partial charge on any atom is -0.372 e. The third-order valence-electron chi connectivity index (χ3n) is 4.39. The molecule has 2 saturated heterocycles. The highest BCUT2D eigenvalue weighted by atomic mass is 16.2. The standard InChI is InChI=1S/C17H22N4O3/c22-15(9-8-14-16(23)20-17(24)19-14)18-12-4-6-13(7-5-12)21-10-2-1-3-11-21/h4-7,14H,1-3,8-11H2,(H,18,22)(H2,19,20,23,24)/t14-/m1/s1. The summed E-state index contributed by atoms with van der Waals surface area (Å²) in [5.74, 6) is -0.548. The van der Waals surface area contributed by atoms with Crippen molar-refractivity contribution in [2.24, 2.45) is 0 Å². The van der Waals surface area contributed by atoms with Crippen molar-refractivity contribution in [3.8, 4) is 0 Å². The van der Waals surface area contributed by atoms with Crippen LogP contribution in [0.5, 0.6) is 0 Å². The van der Waals surface area contributed by atoms with E-state index < -0.39 is 12.1 Å². The number of benzene rings is 1. The molecule has 1 aromatic carbocycles. The molecular formula is C17H22N4O3. The van der Waals surface area contributed by atoms with Gasteiger partial charge in [0.2, 0.25) is 5.91 Å². The number of carbonyl (C=O) groups is 3. The summed E-state index contributed by atoms with van der Waals surface area (Å²) in [5.41, 5.74) is 1.92. The van der Waals surface area contributed by atoms with Crippen LogP contribution in [-0.2, 0) is 9.59 Å². The van der Waals surface area contributed by atoms with Crippen LogP contribution in [0.2, 0.25) is 0 Å². The molecule has 7 heteroatoms. The zero-order valence-corrected chi connectivity index (χ0v) is 13.5. The Morgan fingerprint density at radius 1 is 1.12 bits per heavy atom. The van der Waals surface area contributed by atoms with Crippen LogP contribution in [0.4, 0.5) is 16.2 Å². The third kappa shape index (κ3) is 4.04. The molecule has 0 radical (unpaired) electrons. The van der Waals surface area contributed by atoms with Crippen LogP contribution >= 0.6 is 0 Å². The first-order valence-electron chi connectivity index (χ1n) is 8.38. The lowest BCUT2D eigenvalue weighted by molar-refractivity contribution is -0.120. The van der Waals surface area contributed by atoms with Crippen molar-refractivity contribution >= 4 is 29.2 Å². The Balaban J connectivity index is 1.47. The lowest BCUT2D eigenvalue weighted by Gasteiger charge is -2.28. The lowest BCUT2D eigenvalue weighted by Crippen LogP contribution is -2.30. The zero-order chi connectivity index (χ0) is 16.9. The number of piperidine rings is 1. The number of urea groups is 1. The van der Waals surface area contributed by atoms with Gasteiger partial charge in [0.05, 0.1) is 0 Å². The van der Waals surface area contributed by atoms with Crippen LogP contribution in [0.1, 0.15) is 32.1 Å². The maximum Gasteiger partial charge on any atom is 0.322 e. The molecule has 3 rings (SSSR count). The van der Waals surface area contributed by atoms with Gasteiger partial charge < -0.3 is 15.5 Å². The van der Waals surface area contributed by atoms with Gasteiger partial charge in [-0.15, -0.1) is 0 Å². The van der Waals surface area contributed by atoms with Crippen molar-refractivity contribution in [3.05, 3.63) is 24.3 Å². The van der Waals surface area contributed by atoms with Crippen LogP contribution in [0.15, 0.2) is 24.3 Å². The Bertz CT molecular complexity index is 623. The van der Waals surface area contributed by atoms with E-state index in [9.17, 15) is 14.4 Å². The van der Waals surface area contributed by atoms with Crippen molar-refractivity contribution in [2.45, 2.75) is 38.1 Å². The van der Waals surface area contributed by atoms with E-state index in [1.54, 1.807) is 0 Å². The number of amides is 4. The molecule has 0 spiro atoms. The van der Waals surface area contributed by atoms with Gasteiger partial charge in [-0.25, -0.2) is 4.79 Å². The predicted octanol–water partition coefficient (Wildman–Crippen LogP) is 1.60. The molecule has 0 aliphatic carbocycles. The quantitative estimate of drug-likeness (QED) is 0.715. The smallest absolute Gasteiger partial charge is 0.322 e. The van der Waals surface area contributed by atoms with E-state index in [-0.39, 0.29) is 24.7 Å². The fraction of sp³-hybridized carbons (Fsp3) is 0.471. The number of anilines is 2. The summed E-state index contributed by atoms with van der Waals surface area (Å²) >= 11 is 0. The number of nitrogens with zero attached hydrogens (tertiary/aromatic N) is 1. The van der Waals surface area contributed by atoms with E-state index in [0.29, 0.717) is 0 Å². The molecule has 2 fully saturated rings. The highest BCUT2D eigenvalue weighted by Gasteiger charge is 2.29. The molecule has 2 aliphatic heterocycles. The summed E-state index contributed by atoms with van der Waals surface area (Å²) in [7, 11) is 0. The third-order valence-corrected chi connectivity index (χ3v) is 4.39. The predicted molar refractivity (Wildman–Crippen MR) is 90.8 cm³/mol. The van der Waals surface area contributed by atoms with Crippen molar-refractivity contribution in [3.63, 3.8) is 0 Å². The van der Waals surface area contributed by atoms with Crippen LogP contribution in [0.3, 0.4) is 0 Å². The second-order valence-corrected chi connectivity index (χ2v) is 6.20. The first-order chi connectivity index (χ1) is 11.6. The van der Waals surface area contributed by atoms with Gasteiger partial charge in [-0.1, -0.05) is 0 Å². The molecule has 4 amide bonds. The van der Waals surface area contributed by atoms with E-state index in [1.807, 2.05) is 24.3 Å². The number of hydrogen-bond donors (Lipinski definition) is 3. The number of hydrogen-bond acceptors (Lipinski definition) is 4. The van der Waals surface area contributed by atoms with Gasteiger partial charge in [0.1, 0.15) is 6.04 Å². The van der Waals surface area contributed by atoms with E-state index in [0.717, 1.165) is 18.8 Å². The van der Waals surface area contributed by atoms with Crippen LogP contribution in [0, 0.1) is 0 Å². The maximum atomic E-state index is 12.0. The molecular weight excluding hydrogens is 308 g/mol. The average molecular weight is 330 g/mol. The van der Waals surface area contributed by atoms with E-state index in [4.69, 9.17) is 0 Å². The molecule has 0 bridgehead atoms. The van der Waals surface area contributed by atoms with E-state index in [1.165, 1.54) is 24.9 Å². The van der Waals surface area contributed by atoms with E-state index >= 15 is 0 Å². The molecule has 24 heavy (non-hydrogen) atoms. The van der Waals surface area contributed by atoms with Crippen LogP contribution < -0.4 is 20.9 Å². The summed E-state index contributed by atoms with van der Waals surface area (Å²) in [6.45, 7) is 2.17.